The van der Waals surface area contributed by atoms with E-state index in [1.807, 2.05) is 6.92 Å². The number of hydrogen-bond donors (Lipinski definition) is 4. The highest BCUT2D eigenvalue weighted by molar-refractivity contribution is 5.80. The number of carbonyl (C=O) groups is 2. The first-order chi connectivity index (χ1) is 14.2. The van der Waals surface area contributed by atoms with Crippen molar-refractivity contribution in [2.24, 2.45) is 5.92 Å². The van der Waals surface area contributed by atoms with Crippen LogP contribution in [0.3, 0.4) is 0 Å². The predicted octanol–water partition coefficient (Wildman–Crippen LogP) is 2.04. The first-order valence-corrected chi connectivity index (χ1v) is 9.36. The molecule has 0 unspecified atom stereocenters. The van der Waals surface area contributed by atoms with E-state index in [1.165, 1.54) is 7.11 Å². The minimum atomic E-state index is -4.75. The normalized spacial score (nSPS) is 12.2. The van der Waals surface area contributed by atoms with Gasteiger partial charge in [-0.25, -0.2) is 15.0 Å². The number of carbonyl (C=O) groups excluding carboxylic acids is 2. The van der Waals surface area contributed by atoms with Crippen LogP contribution in [-0.4, -0.2) is 59.4 Å². The molecule has 0 radical (unpaired) electrons. The maximum absolute atomic E-state index is 13.3. The van der Waals surface area contributed by atoms with Crippen molar-refractivity contribution in [2.45, 2.75) is 38.8 Å². The standard InChI is InChI=1S/C17H27F3N6O4/c1-3-4-5-6-12(10-26(29)11-27)15(28)24-25-16-22-9-13(21-7-8-30-2)14(23-16)17(18,19)20/h9,11-12,21,29H,3-8,10H2,1-2H3,(H,24,28)(H,22,23,25)/t12-/m1/s1. The predicted molar refractivity (Wildman–Crippen MR) is 101 cm³/mol. The van der Waals surface area contributed by atoms with Gasteiger partial charge in [-0.2, -0.15) is 13.2 Å². The number of nitrogens with one attached hydrogen (secondary N) is 3. The highest BCUT2D eigenvalue weighted by atomic mass is 19.4. The van der Waals surface area contributed by atoms with Crippen molar-refractivity contribution < 1.29 is 32.7 Å². The molecule has 0 aromatic carbocycles. The average Bonchev–Trinajstić information content (AvgIpc) is 2.71. The number of alkyl halides is 3. The Balaban J connectivity index is 2.84. The number of hydrazine groups is 1. The fourth-order valence-electron chi connectivity index (χ4n) is 2.51. The molecule has 0 fully saturated rings. The third kappa shape index (κ3) is 8.78. The zero-order valence-corrected chi connectivity index (χ0v) is 16.8. The first kappa shape index (κ1) is 25.4. The Morgan fingerprint density at radius 3 is 2.73 bits per heavy atom. The van der Waals surface area contributed by atoms with Gasteiger partial charge in [0.05, 0.1) is 31.0 Å². The average molecular weight is 436 g/mol. The monoisotopic (exact) mass is 436 g/mol. The highest BCUT2D eigenvalue weighted by Gasteiger charge is 2.36. The Bertz CT molecular complexity index is 677. The number of halogens is 3. The van der Waals surface area contributed by atoms with Crippen LogP contribution in [0.2, 0.25) is 0 Å². The molecule has 4 N–H and O–H groups in total. The molecule has 1 heterocycles. The lowest BCUT2D eigenvalue weighted by molar-refractivity contribution is -0.154. The fourth-order valence-corrected chi connectivity index (χ4v) is 2.51. The van der Waals surface area contributed by atoms with Crippen LogP contribution < -0.4 is 16.2 Å². The summed E-state index contributed by atoms with van der Waals surface area (Å²) in [5, 5.41) is 12.2. The van der Waals surface area contributed by atoms with E-state index in [0.717, 1.165) is 19.0 Å². The zero-order valence-electron chi connectivity index (χ0n) is 16.8. The molecule has 0 aliphatic carbocycles. The maximum atomic E-state index is 13.3. The summed E-state index contributed by atoms with van der Waals surface area (Å²) in [6.45, 7) is 2.04. The van der Waals surface area contributed by atoms with E-state index in [-0.39, 0.29) is 31.8 Å². The Morgan fingerprint density at radius 2 is 2.13 bits per heavy atom. The molecule has 10 nitrogen and oxygen atoms in total. The molecule has 0 spiro atoms. The number of unbranched alkanes of at least 4 members (excludes halogenated alkanes) is 2. The van der Waals surface area contributed by atoms with E-state index in [1.54, 1.807) is 0 Å². The molecule has 1 atom stereocenters. The summed E-state index contributed by atoms with van der Waals surface area (Å²) in [6, 6.07) is 0. The summed E-state index contributed by atoms with van der Waals surface area (Å²) >= 11 is 0. The van der Waals surface area contributed by atoms with Crippen LogP contribution in [0.1, 0.15) is 38.3 Å². The molecule has 0 aliphatic heterocycles. The van der Waals surface area contributed by atoms with Crippen molar-refractivity contribution in [3.05, 3.63) is 11.9 Å². The number of hydrogen-bond acceptors (Lipinski definition) is 8. The van der Waals surface area contributed by atoms with Crippen LogP contribution in [0.5, 0.6) is 0 Å². The van der Waals surface area contributed by atoms with Gasteiger partial charge in [0.15, 0.2) is 5.69 Å². The van der Waals surface area contributed by atoms with E-state index in [4.69, 9.17) is 4.74 Å². The SMILES string of the molecule is CCCCC[C@H](CN(O)C=O)C(=O)NNc1ncc(NCCOC)c(C(F)(F)F)n1. The first-order valence-electron chi connectivity index (χ1n) is 9.36. The largest absolute Gasteiger partial charge is 0.435 e. The third-order valence-electron chi connectivity index (χ3n) is 4.03. The zero-order chi connectivity index (χ0) is 22.6. The van der Waals surface area contributed by atoms with Crippen molar-refractivity contribution in [2.75, 3.05) is 37.5 Å². The van der Waals surface area contributed by atoms with Gasteiger partial charge in [-0.05, 0) is 6.42 Å². The van der Waals surface area contributed by atoms with E-state index in [0.29, 0.717) is 17.9 Å². The lowest BCUT2D eigenvalue weighted by Crippen LogP contribution is -2.40. The van der Waals surface area contributed by atoms with Crippen LogP contribution in [0.25, 0.3) is 0 Å². The van der Waals surface area contributed by atoms with Gasteiger partial charge in [0.2, 0.25) is 18.3 Å². The lowest BCUT2D eigenvalue weighted by Gasteiger charge is -2.20. The van der Waals surface area contributed by atoms with Crippen LogP contribution in [-0.2, 0) is 20.5 Å². The number of nitrogens with zero attached hydrogens (tertiary/aromatic N) is 3. The van der Waals surface area contributed by atoms with E-state index in [2.05, 4.69) is 26.1 Å². The molecule has 13 heteroatoms. The van der Waals surface area contributed by atoms with Crippen LogP contribution >= 0.6 is 0 Å². The second-order valence-corrected chi connectivity index (χ2v) is 6.41. The summed E-state index contributed by atoms with van der Waals surface area (Å²) in [5.74, 6) is -1.85. The molecule has 0 saturated heterocycles. The van der Waals surface area contributed by atoms with Crippen molar-refractivity contribution in [3.63, 3.8) is 0 Å². The van der Waals surface area contributed by atoms with Gasteiger partial charge in [0, 0.05) is 13.7 Å². The minimum Gasteiger partial charge on any atom is -0.383 e. The molecular weight excluding hydrogens is 409 g/mol. The molecule has 0 bridgehead atoms. The Hall–Kier alpha value is -2.67. The van der Waals surface area contributed by atoms with Gasteiger partial charge >= 0.3 is 6.18 Å². The Kier molecular flexibility index (Phi) is 10.8. The number of hydroxylamine groups is 2. The second kappa shape index (κ2) is 12.8. The maximum Gasteiger partial charge on any atom is 0.435 e. The number of amides is 2. The number of rotatable bonds is 14. The number of ether oxygens (including phenoxy) is 1. The molecule has 1 rings (SSSR count). The molecule has 30 heavy (non-hydrogen) atoms. The van der Waals surface area contributed by atoms with Crippen LogP contribution in [0.15, 0.2) is 6.20 Å². The van der Waals surface area contributed by atoms with E-state index >= 15 is 0 Å². The van der Waals surface area contributed by atoms with Crippen LogP contribution in [0.4, 0.5) is 24.8 Å². The summed E-state index contributed by atoms with van der Waals surface area (Å²) in [7, 11) is 1.42. The van der Waals surface area contributed by atoms with Gasteiger partial charge in [-0.15, -0.1) is 0 Å². The van der Waals surface area contributed by atoms with Gasteiger partial charge in [0.1, 0.15) is 0 Å². The highest BCUT2D eigenvalue weighted by Crippen LogP contribution is 2.33. The van der Waals surface area contributed by atoms with E-state index < -0.39 is 29.6 Å². The summed E-state index contributed by atoms with van der Waals surface area (Å²) in [5.41, 5.74) is 2.96. The van der Waals surface area contributed by atoms with Gasteiger partial charge in [0.25, 0.3) is 0 Å². The molecule has 170 valence electrons. The molecule has 2 amide bonds. The molecule has 1 aromatic rings. The fraction of sp³-hybridized carbons (Fsp3) is 0.647. The summed E-state index contributed by atoms with van der Waals surface area (Å²) in [6.07, 6.45) is -0.826. The van der Waals surface area contributed by atoms with Crippen molar-refractivity contribution in [1.29, 1.82) is 0 Å². The lowest BCUT2D eigenvalue weighted by atomic mass is 10.0. The summed E-state index contributed by atoms with van der Waals surface area (Å²) in [4.78, 5) is 30.2. The van der Waals surface area contributed by atoms with Crippen molar-refractivity contribution in [1.82, 2.24) is 20.5 Å². The summed E-state index contributed by atoms with van der Waals surface area (Å²) < 4.78 is 44.6. The molecule has 0 aliphatic rings. The molecule has 0 saturated carbocycles. The molecule has 1 aromatic heterocycles. The van der Waals surface area contributed by atoms with Crippen LogP contribution in [0, 0.1) is 5.92 Å². The minimum absolute atomic E-state index is 0.125. The number of methoxy groups -OCH3 is 1. The second-order valence-electron chi connectivity index (χ2n) is 6.41. The van der Waals surface area contributed by atoms with Gasteiger partial charge in [-0.1, -0.05) is 26.2 Å². The van der Waals surface area contributed by atoms with E-state index in [9.17, 15) is 28.0 Å². The number of aromatic nitrogens is 2. The van der Waals surface area contributed by atoms with Crippen molar-refractivity contribution in [3.8, 4) is 0 Å². The molecular formula is C17H27F3N6O4. The smallest absolute Gasteiger partial charge is 0.383 e. The third-order valence-corrected chi connectivity index (χ3v) is 4.03. The quantitative estimate of drug-likeness (QED) is 0.151. The van der Waals surface area contributed by atoms with Crippen molar-refractivity contribution >= 4 is 24.0 Å². The Morgan fingerprint density at radius 1 is 1.40 bits per heavy atom. The topological polar surface area (TPSA) is 129 Å². The Labute approximate surface area is 172 Å². The number of anilines is 2. The van der Waals surface area contributed by atoms with Gasteiger partial charge in [-0.3, -0.25) is 25.6 Å². The van der Waals surface area contributed by atoms with Gasteiger partial charge < -0.3 is 10.1 Å².